The summed E-state index contributed by atoms with van der Waals surface area (Å²) in [6, 6.07) is 0. The van der Waals surface area contributed by atoms with Crippen molar-refractivity contribution in [2.24, 2.45) is 0 Å². The van der Waals surface area contributed by atoms with Crippen molar-refractivity contribution in [3.8, 4) is 0 Å². The molecule has 0 rings (SSSR count). The monoisotopic (exact) mass is 198 g/mol. The summed E-state index contributed by atoms with van der Waals surface area (Å²) in [5.74, 6) is -2.73. The summed E-state index contributed by atoms with van der Waals surface area (Å²) in [4.78, 5) is 22.0. The predicted molar refractivity (Wildman–Crippen MR) is 51.5 cm³/mol. The fourth-order valence-corrected chi connectivity index (χ4v) is 0.844. The van der Waals surface area contributed by atoms with Crippen molar-refractivity contribution in [2.75, 3.05) is 6.61 Å². The first-order chi connectivity index (χ1) is 6.48. The van der Waals surface area contributed by atoms with E-state index >= 15 is 0 Å². The van der Waals surface area contributed by atoms with E-state index in [1.807, 2.05) is 0 Å². The Morgan fingerprint density at radius 1 is 1.36 bits per heavy atom. The van der Waals surface area contributed by atoms with Gasteiger partial charge in [-0.25, -0.2) is 0 Å². The average Bonchev–Trinajstić information content (AvgIpc) is 2.11. The lowest BCUT2D eigenvalue weighted by Crippen LogP contribution is -2.42. The van der Waals surface area contributed by atoms with Crippen LogP contribution in [-0.4, -0.2) is 24.1 Å². The van der Waals surface area contributed by atoms with Crippen LogP contribution in [0.5, 0.6) is 0 Å². The van der Waals surface area contributed by atoms with Gasteiger partial charge in [-0.3, -0.25) is 9.59 Å². The van der Waals surface area contributed by atoms with Gasteiger partial charge >= 0.3 is 5.97 Å². The Labute approximate surface area is 83.2 Å². The van der Waals surface area contributed by atoms with Gasteiger partial charge in [-0.05, 0) is 6.08 Å². The molecule has 0 amide bonds. The lowest BCUT2D eigenvalue weighted by atomic mass is 10.2. The molecule has 0 saturated heterocycles. The van der Waals surface area contributed by atoms with Crippen LogP contribution >= 0.6 is 0 Å². The van der Waals surface area contributed by atoms with Crippen molar-refractivity contribution >= 4 is 11.8 Å². The SMILES string of the molecule is C=CCOC(C=C)(OC(C)=O)C(C)=O. The zero-order valence-corrected chi connectivity index (χ0v) is 8.41. The number of Topliss-reactive ketones (excluding diaryl/α,β-unsaturated/α-hetero) is 1. The third-order valence-corrected chi connectivity index (χ3v) is 1.47. The van der Waals surface area contributed by atoms with Crippen LogP contribution in [0.3, 0.4) is 0 Å². The smallest absolute Gasteiger partial charge is 0.305 e. The molecule has 0 aromatic carbocycles. The van der Waals surface area contributed by atoms with Gasteiger partial charge in [-0.15, -0.1) is 6.58 Å². The molecular weight excluding hydrogens is 184 g/mol. The van der Waals surface area contributed by atoms with Crippen LogP contribution in [0.15, 0.2) is 25.3 Å². The Kier molecular flexibility index (Phi) is 4.80. The van der Waals surface area contributed by atoms with Crippen molar-refractivity contribution in [3.63, 3.8) is 0 Å². The molecule has 0 heterocycles. The normalized spacial score (nSPS) is 13.9. The average molecular weight is 198 g/mol. The first-order valence-corrected chi connectivity index (χ1v) is 4.07. The van der Waals surface area contributed by atoms with E-state index in [1.165, 1.54) is 19.9 Å². The van der Waals surface area contributed by atoms with E-state index in [0.717, 1.165) is 6.08 Å². The molecule has 0 N–H and O–H groups in total. The van der Waals surface area contributed by atoms with Crippen molar-refractivity contribution in [1.82, 2.24) is 0 Å². The first-order valence-electron chi connectivity index (χ1n) is 4.07. The number of hydrogen-bond acceptors (Lipinski definition) is 4. The molecule has 0 spiro atoms. The van der Waals surface area contributed by atoms with Gasteiger partial charge in [0.05, 0.1) is 6.61 Å². The van der Waals surface area contributed by atoms with E-state index in [4.69, 9.17) is 9.47 Å². The first kappa shape index (κ1) is 12.6. The molecule has 14 heavy (non-hydrogen) atoms. The van der Waals surface area contributed by atoms with Gasteiger partial charge in [0, 0.05) is 13.8 Å². The largest absolute Gasteiger partial charge is 0.422 e. The number of carbonyl (C=O) groups is 2. The number of carbonyl (C=O) groups excluding carboxylic acids is 2. The summed E-state index contributed by atoms with van der Waals surface area (Å²) >= 11 is 0. The Morgan fingerprint density at radius 2 is 1.93 bits per heavy atom. The molecule has 0 aromatic heterocycles. The highest BCUT2D eigenvalue weighted by molar-refractivity contribution is 5.87. The van der Waals surface area contributed by atoms with E-state index in [0.29, 0.717) is 0 Å². The second-order valence-electron chi connectivity index (χ2n) is 2.62. The molecule has 4 nitrogen and oxygen atoms in total. The van der Waals surface area contributed by atoms with Crippen molar-refractivity contribution in [1.29, 1.82) is 0 Å². The molecule has 0 saturated carbocycles. The van der Waals surface area contributed by atoms with E-state index in [9.17, 15) is 9.59 Å². The van der Waals surface area contributed by atoms with Gasteiger partial charge in [0.1, 0.15) is 0 Å². The molecule has 0 radical (unpaired) electrons. The van der Waals surface area contributed by atoms with Gasteiger partial charge in [0.2, 0.25) is 5.78 Å². The Hall–Kier alpha value is -1.42. The van der Waals surface area contributed by atoms with Gasteiger partial charge in [0.25, 0.3) is 5.79 Å². The topological polar surface area (TPSA) is 52.6 Å². The molecule has 4 heteroatoms. The molecule has 0 aromatic rings. The van der Waals surface area contributed by atoms with Crippen LogP contribution in [0, 0.1) is 0 Å². The molecule has 1 unspecified atom stereocenters. The summed E-state index contributed by atoms with van der Waals surface area (Å²) in [7, 11) is 0. The van der Waals surface area contributed by atoms with Crippen LogP contribution in [0.4, 0.5) is 0 Å². The van der Waals surface area contributed by atoms with Gasteiger partial charge in [-0.2, -0.15) is 0 Å². The highest BCUT2D eigenvalue weighted by atomic mass is 16.7. The Bertz CT molecular complexity index is 257. The summed E-state index contributed by atoms with van der Waals surface area (Å²) in [5, 5.41) is 0. The van der Waals surface area contributed by atoms with Crippen LogP contribution in [0.1, 0.15) is 13.8 Å². The van der Waals surface area contributed by atoms with Crippen LogP contribution in [-0.2, 0) is 19.1 Å². The summed E-state index contributed by atoms with van der Waals surface area (Å²) in [6.07, 6.45) is 2.60. The molecule has 0 bridgehead atoms. The molecule has 0 aliphatic rings. The maximum atomic E-state index is 11.2. The maximum absolute atomic E-state index is 11.2. The van der Waals surface area contributed by atoms with Crippen molar-refractivity contribution in [2.45, 2.75) is 19.6 Å². The summed E-state index contributed by atoms with van der Waals surface area (Å²) < 4.78 is 9.85. The fourth-order valence-electron chi connectivity index (χ4n) is 0.844. The van der Waals surface area contributed by atoms with Crippen molar-refractivity contribution in [3.05, 3.63) is 25.3 Å². The minimum Gasteiger partial charge on any atom is -0.422 e. The lowest BCUT2D eigenvalue weighted by Gasteiger charge is -2.26. The van der Waals surface area contributed by atoms with Crippen LogP contribution in [0.25, 0.3) is 0 Å². The van der Waals surface area contributed by atoms with Gasteiger partial charge < -0.3 is 9.47 Å². The van der Waals surface area contributed by atoms with E-state index in [-0.39, 0.29) is 6.61 Å². The second kappa shape index (κ2) is 5.34. The number of ether oxygens (including phenoxy) is 2. The third kappa shape index (κ3) is 3.14. The quantitative estimate of drug-likeness (QED) is 0.366. The highest BCUT2D eigenvalue weighted by Crippen LogP contribution is 2.16. The van der Waals surface area contributed by atoms with E-state index < -0.39 is 17.5 Å². The molecule has 1 atom stereocenters. The standard InChI is InChI=1S/C10H14O4/c1-5-7-13-10(6-2,8(3)11)14-9(4)12/h5-6H,1-2,7H2,3-4H3. The molecule has 78 valence electrons. The zero-order chi connectivity index (χ0) is 11.2. The number of ketones is 1. The molecule has 0 aliphatic heterocycles. The second-order valence-corrected chi connectivity index (χ2v) is 2.62. The third-order valence-electron chi connectivity index (χ3n) is 1.47. The number of hydrogen-bond donors (Lipinski definition) is 0. The van der Waals surface area contributed by atoms with Crippen LogP contribution in [0.2, 0.25) is 0 Å². The molecular formula is C10H14O4. The lowest BCUT2D eigenvalue weighted by molar-refractivity contribution is -0.204. The highest BCUT2D eigenvalue weighted by Gasteiger charge is 2.36. The maximum Gasteiger partial charge on any atom is 0.305 e. The van der Waals surface area contributed by atoms with Crippen LogP contribution < -0.4 is 0 Å². The molecule has 0 fully saturated rings. The molecule has 0 aliphatic carbocycles. The summed E-state index contributed by atoms with van der Waals surface area (Å²) in [6.45, 7) is 9.38. The van der Waals surface area contributed by atoms with E-state index in [1.54, 1.807) is 0 Å². The van der Waals surface area contributed by atoms with E-state index in [2.05, 4.69) is 13.2 Å². The van der Waals surface area contributed by atoms with Crippen molar-refractivity contribution < 1.29 is 19.1 Å². The van der Waals surface area contributed by atoms with Gasteiger partial charge in [-0.1, -0.05) is 12.7 Å². The zero-order valence-electron chi connectivity index (χ0n) is 8.41. The Morgan fingerprint density at radius 3 is 2.21 bits per heavy atom. The fraction of sp³-hybridized carbons (Fsp3) is 0.400. The predicted octanol–water partition coefficient (Wildman–Crippen LogP) is 1.22. The summed E-state index contributed by atoms with van der Waals surface area (Å²) in [5.41, 5.74) is 0. The number of esters is 1. The Balaban J connectivity index is 4.77. The minimum absolute atomic E-state index is 0.0961. The van der Waals surface area contributed by atoms with Gasteiger partial charge in [0.15, 0.2) is 0 Å². The minimum atomic E-state index is -1.68. The number of rotatable bonds is 6.